The molecule has 1 saturated heterocycles. The van der Waals surface area contributed by atoms with E-state index in [2.05, 4.69) is 10.2 Å². The number of anilines is 1. The average Bonchev–Trinajstić information content (AvgIpc) is 2.61. The first-order chi connectivity index (χ1) is 12.0. The first-order valence-electron chi connectivity index (χ1n) is 8.42. The van der Waals surface area contributed by atoms with E-state index in [1.807, 2.05) is 18.2 Å². The number of piperazine rings is 1. The van der Waals surface area contributed by atoms with Crippen molar-refractivity contribution in [1.82, 2.24) is 4.90 Å². The van der Waals surface area contributed by atoms with Gasteiger partial charge in [0.05, 0.1) is 26.2 Å². The minimum absolute atomic E-state index is 0.143. The summed E-state index contributed by atoms with van der Waals surface area (Å²) in [5, 5.41) is 3.71. The Kier molecular flexibility index (Phi) is 5.60. The number of benzene rings is 2. The number of quaternary nitrogens is 1. The molecule has 0 atom stereocenters. The molecule has 1 heterocycles. The summed E-state index contributed by atoms with van der Waals surface area (Å²) in [4.78, 5) is 3.42. The fourth-order valence-electron chi connectivity index (χ4n) is 2.99. The van der Waals surface area contributed by atoms with Crippen molar-refractivity contribution < 1.29 is 13.7 Å². The topological polar surface area (TPSA) is 19.7 Å². The second-order valence-electron chi connectivity index (χ2n) is 6.40. The van der Waals surface area contributed by atoms with Crippen LogP contribution in [-0.2, 0) is 6.54 Å². The highest BCUT2D eigenvalue weighted by molar-refractivity contribution is 7.80. The highest BCUT2D eigenvalue weighted by Gasteiger charge is 2.22. The van der Waals surface area contributed by atoms with Crippen LogP contribution in [0.3, 0.4) is 0 Å². The van der Waals surface area contributed by atoms with Crippen LogP contribution in [0.25, 0.3) is 0 Å². The van der Waals surface area contributed by atoms with Gasteiger partial charge in [0.25, 0.3) is 0 Å². The molecule has 0 aromatic heterocycles. The normalized spacial score (nSPS) is 15.2. The number of aryl methyl sites for hydroxylation is 1. The first kappa shape index (κ1) is 17.8. The molecular formula is C19H22F2N3S+. The molecule has 0 radical (unpaired) electrons. The standard InChI is InChI=1S/C19H21F2N3S/c1-14-6-7-16(12-18(14)21)22-19(25)24-10-8-23(9-11-24)13-15-4-2-3-5-17(15)20/h2-7,12H,8-11,13H2,1H3,(H,22,25)/p+1. The molecular weight excluding hydrogens is 340 g/mol. The quantitative estimate of drug-likeness (QED) is 0.818. The molecule has 2 N–H and O–H groups in total. The largest absolute Gasteiger partial charge is 0.338 e. The molecule has 3 nitrogen and oxygen atoms in total. The van der Waals surface area contributed by atoms with Gasteiger partial charge in [-0.2, -0.15) is 0 Å². The van der Waals surface area contributed by atoms with E-state index in [0.29, 0.717) is 22.9 Å². The summed E-state index contributed by atoms with van der Waals surface area (Å²) in [5.41, 5.74) is 2.03. The third-order valence-corrected chi connectivity index (χ3v) is 4.94. The van der Waals surface area contributed by atoms with Crippen molar-refractivity contribution in [3.63, 3.8) is 0 Å². The van der Waals surface area contributed by atoms with Gasteiger partial charge in [-0.05, 0) is 42.9 Å². The van der Waals surface area contributed by atoms with E-state index in [-0.39, 0.29) is 11.6 Å². The number of hydrogen-bond donors (Lipinski definition) is 2. The van der Waals surface area contributed by atoms with E-state index in [9.17, 15) is 8.78 Å². The van der Waals surface area contributed by atoms with Crippen molar-refractivity contribution in [2.75, 3.05) is 31.5 Å². The summed E-state index contributed by atoms with van der Waals surface area (Å²) in [6.07, 6.45) is 0. The van der Waals surface area contributed by atoms with Crippen LogP contribution in [0.1, 0.15) is 11.1 Å². The monoisotopic (exact) mass is 362 g/mol. The summed E-state index contributed by atoms with van der Waals surface area (Å²) in [6.45, 7) is 5.78. The maximum Gasteiger partial charge on any atom is 0.173 e. The van der Waals surface area contributed by atoms with E-state index < -0.39 is 0 Å². The lowest BCUT2D eigenvalue weighted by atomic mass is 10.2. The van der Waals surface area contributed by atoms with E-state index >= 15 is 0 Å². The SMILES string of the molecule is Cc1ccc(NC(=S)N2CC[NH+](Cc3ccccc3F)CC2)cc1F. The number of nitrogens with zero attached hydrogens (tertiary/aromatic N) is 1. The van der Waals surface area contributed by atoms with E-state index in [1.165, 1.54) is 17.0 Å². The van der Waals surface area contributed by atoms with Crippen LogP contribution in [0, 0.1) is 18.6 Å². The Hall–Kier alpha value is -2.05. The molecule has 132 valence electrons. The van der Waals surface area contributed by atoms with Crippen molar-refractivity contribution in [1.29, 1.82) is 0 Å². The van der Waals surface area contributed by atoms with E-state index in [0.717, 1.165) is 31.7 Å². The molecule has 0 spiro atoms. The number of rotatable bonds is 3. The van der Waals surface area contributed by atoms with Crippen LogP contribution in [-0.4, -0.2) is 36.2 Å². The molecule has 25 heavy (non-hydrogen) atoms. The Bertz CT molecular complexity index is 758. The molecule has 0 unspecified atom stereocenters. The highest BCUT2D eigenvalue weighted by atomic mass is 32.1. The Balaban J connectivity index is 1.52. The van der Waals surface area contributed by atoms with Crippen molar-refractivity contribution >= 4 is 23.0 Å². The van der Waals surface area contributed by atoms with Crippen LogP contribution in [0.15, 0.2) is 42.5 Å². The van der Waals surface area contributed by atoms with Crippen LogP contribution in [0.4, 0.5) is 14.5 Å². The predicted octanol–water partition coefficient (Wildman–Crippen LogP) is 2.37. The fourth-order valence-corrected chi connectivity index (χ4v) is 3.29. The maximum atomic E-state index is 13.8. The second-order valence-corrected chi connectivity index (χ2v) is 6.79. The molecule has 1 aliphatic rings. The Morgan fingerprint density at radius 2 is 1.84 bits per heavy atom. The van der Waals surface area contributed by atoms with Gasteiger partial charge in [0, 0.05) is 11.3 Å². The molecule has 2 aromatic rings. The van der Waals surface area contributed by atoms with Gasteiger partial charge in [-0.25, -0.2) is 8.78 Å². The van der Waals surface area contributed by atoms with Crippen molar-refractivity contribution in [3.8, 4) is 0 Å². The van der Waals surface area contributed by atoms with Gasteiger partial charge >= 0.3 is 0 Å². The van der Waals surface area contributed by atoms with Crippen LogP contribution in [0.2, 0.25) is 0 Å². The van der Waals surface area contributed by atoms with Gasteiger partial charge in [0.2, 0.25) is 0 Å². The Morgan fingerprint density at radius 1 is 1.12 bits per heavy atom. The maximum absolute atomic E-state index is 13.8. The van der Waals surface area contributed by atoms with Crippen LogP contribution >= 0.6 is 12.2 Å². The second kappa shape index (κ2) is 7.89. The zero-order chi connectivity index (χ0) is 17.8. The lowest BCUT2D eigenvalue weighted by Crippen LogP contribution is -3.13. The third kappa shape index (κ3) is 4.52. The third-order valence-electron chi connectivity index (χ3n) is 4.58. The minimum Gasteiger partial charge on any atom is -0.338 e. The fraction of sp³-hybridized carbons (Fsp3) is 0.316. The Labute approximate surface area is 152 Å². The lowest BCUT2D eigenvalue weighted by Gasteiger charge is -2.34. The van der Waals surface area contributed by atoms with Crippen molar-refractivity contribution in [2.45, 2.75) is 13.5 Å². The molecule has 0 bridgehead atoms. The number of nitrogens with one attached hydrogen (secondary N) is 2. The molecule has 0 amide bonds. The van der Waals surface area contributed by atoms with Crippen molar-refractivity contribution in [2.24, 2.45) is 0 Å². The molecule has 3 rings (SSSR count). The molecule has 6 heteroatoms. The van der Waals surface area contributed by atoms with Gasteiger partial charge in [0.15, 0.2) is 5.11 Å². The smallest absolute Gasteiger partial charge is 0.173 e. The summed E-state index contributed by atoms with van der Waals surface area (Å²) < 4.78 is 27.4. The van der Waals surface area contributed by atoms with E-state index in [4.69, 9.17) is 12.2 Å². The van der Waals surface area contributed by atoms with Crippen molar-refractivity contribution in [3.05, 3.63) is 65.2 Å². The zero-order valence-corrected chi connectivity index (χ0v) is 15.0. The van der Waals surface area contributed by atoms with Crippen LogP contribution < -0.4 is 10.2 Å². The Morgan fingerprint density at radius 3 is 2.52 bits per heavy atom. The predicted molar refractivity (Wildman–Crippen MR) is 99.7 cm³/mol. The minimum atomic E-state index is -0.244. The van der Waals surface area contributed by atoms with Gasteiger partial charge in [-0.1, -0.05) is 24.3 Å². The van der Waals surface area contributed by atoms with Gasteiger partial charge in [-0.15, -0.1) is 0 Å². The molecule has 2 aromatic carbocycles. The summed E-state index contributed by atoms with van der Waals surface area (Å²) in [5.74, 6) is -0.386. The molecule has 0 saturated carbocycles. The number of hydrogen-bond acceptors (Lipinski definition) is 1. The van der Waals surface area contributed by atoms with E-state index in [1.54, 1.807) is 19.1 Å². The number of halogens is 2. The number of thiocarbonyl (C=S) groups is 1. The lowest BCUT2D eigenvalue weighted by molar-refractivity contribution is -0.917. The van der Waals surface area contributed by atoms with Crippen LogP contribution in [0.5, 0.6) is 0 Å². The highest BCUT2D eigenvalue weighted by Crippen LogP contribution is 2.14. The average molecular weight is 362 g/mol. The molecule has 1 fully saturated rings. The van der Waals surface area contributed by atoms with Gasteiger partial charge < -0.3 is 15.1 Å². The van der Waals surface area contributed by atoms with Gasteiger partial charge in [-0.3, -0.25) is 0 Å². The zero-order valence-electron chi connectivity index (χ0n) is 14.2. The van der Waals surface area contributed by atoms with Gasteiger partial charge in [0.1, 0.15) is 18.2 Å². The molecule has 0 aliphatic carbocycles. The molecule has 1 aliphatic heterocycles. The summed E-state index contributed by atoms with van der Waals surface area (Å²) in [7, 11) is 0. The summed E-state index contributed by atoms with van der Waals surface area (Å²) in [6, 6.07) is 11.9. The summed E-state index contributed by atoms with van der Waals surface area (Å²) >= 11 is 5.44. The first-order valence-corrected chi connectivity index (χ1v) is 8.83.